The molecule has 0 aliphatic rings. The predicted molar refractivity (Wildman–Crippen MR) is 285 cm³/mol. The van der Waals surface area contributed by atoms with Gasteiger partial charge in [0.2, 0.25) is 11.8 Å². The van der Waals surface area contributed by atoms with Crippen molar-refractivity contribution in [3.8, 4) is 81.3 Å². The Kier molecular flexibility index (Phi) is 18.1. The van der Waals surface area contributed by atoms with E-state index in [9.17, 15) is 27.0 Å². The number of para-hydroxylation sites is 2. The van der Waals surface area contributed by atoms with Crippen LogP contribution in [0.5, 0.6) is 34.8 Å². The smallest absolute Gasteiger partial charge is 0.213 e. The molecular formula is C54H54N10O12S2. The van der Waals surface area contributed by atoms with Gasteiger partial charge in [0.25, 0.3) is 0 Å². The second kappa shape index (κ2) is 24.8. The molecule has 8 aromatic rings. The minimum atomic E-state index is -3.99. The fourth-order valence-electron chi connectivity index (χ4n) is 8.10. The van der Waals surface area contributed by atoms with Gasteiger partial charge in [0.05, 0.1) is 88.6 Å². The van der Waals surface area contributed by atoms with Gasteiger partial charge in [-0.25, -0.2) is 26.8 Å². The van der Waals surface area contributed by atoms with Crippen LogP contribution in [0.15, 0.2) is 121 Å². The third-order valence-corrected chi connectivity index (χ3v) is 16.6. The molecule has 0 aliphatic heterocycles. The Labute approximate surface area is 450 Å². The van der Waals surface area contributed by atoms with E-state index in [2.05, 4.69) is 30.4 Å². The fourth-order valence-corrected chi connectivity index (χ4v) is 10.8. The van der Waals surface area contributed by atoms with Gasteiger partial charge in [-0.15, -0.1) is 20.4 Å². The molecule has 78 heavy (non-hydrogen) atoms. The predicted octanol–water partition coefficient (Wildman–Crippen LogP) is 6.53. The number of benzene rings is 4. The van der Waals surface area contributed by atoms with Crippen LogP contribution in [-0.4, -0.2) is 120 Å². The molecule has 24 heteroatoms. The molecule has 4 aromatic heterocycles. The van der Waals surface area contributed by atoms with Crippen molar-refractivity contribution in [2.24, 2.45) is 0 Å². The van der Waals surface area contributed by atoms with Crippen LogP contribution < -0.4 is 28.4 Å². The molecule has 0 saturated heterocycles. The van der Waals surface area contributed by atoms with Crippen LogP contribution in [0, 0.1) is 22.7 Å². The lowest BCUT2D eigenvalue weighted by Crippen LogP contribution is -2.28. The first-order valence-electron chi connectivity index (χ1n) is 23.6. The van der Waals surface area contributed by atoms with Gasteiger partial charge in [-0.05, 0) is 85.6 Å². The molecule has 0 unspecified atom stereocenters. The largest absolute Gasteiger partial charge is 0.494 e. The van der Waals surface area contributed by atoms with E-state index in [1.165, 1.54) is 114 Å². The second-order valence-electron chi connectivity index (χ2n) is 17.1. The molecule has 4 heterocycles. The number of methoxy groups -OCH3 is 6. The Hall–Kier alpha value is -8.94. The van der Waals surface area contributed by atoms with Crippen LogP contribution in [0.25, 0.3) is 34.4 Å². The summed E-state index contributed by atoms with van der Waals surface area (Å²) in [5.74, 6) is 1.73. The van der Waals surface area contributed by atoms with E-state index in [-0.39, 0.29) is 23.3 Å². The molecule has 404 valence electrons. The molecule has 0 aliphatic carbocycles. The van der Waals surface area contributed by atoms with Gasteiger partial charge in [-0.1, -0.05) is 48.5 Å². The van der Waals surface area contributed by atoms with Crippen molar-refractivity contribution in [3.05, 3.63) is 155 Å². The quantitative estimate of drug-likeness (QED) is 0.0820. The third kappa shape index (κ3) is 12.2. The SMILES string of the molecule is COc1cccc(-c2nnc(CS(=O)(=O)[C@@H](C)[C@@H](O)c3ccc(C#N)cc3)n2-c2c(OC)cccc2OC)n1.COc1cccc(-c2nnc(CS(=O)(=O)[C@H](C)[C@H](O)c3ccc(C#N)cc3)n2-c2c(OC)cccc2OC)n1. The number of aliphatic hydroxyl groups is 2. The molecule has 0 spiro atoms. The van der Waals surface area contributed by atoms with Crippen LogP contribution in [0.2, 0.25) is 0 Å². The molecule has 0 fully saturated rings. The average molecular weight is 1100 g/mol. The third-order valence-electron chi connectivity index (χ3n) is 12.5. The molecule has 2 N–H and O–H groups in total. The van der Waals surface area contributed by atoms with E-state index < -0.39 is 53.9 Å². The number of nitriles is 2. The number of hydrogen-bond acceptors (Lipinski definition) is 20. The Bertz CT molecular complexity index is 3420. The highest BCUT2D eigenvalue weighted by Gasteiger charge is 2.35. The maximum Gasteiger partial charge on any atom is 0.213 e. The topological polar surface area (TPSA) is 299 Å². The number of aliphatic hydroxyl groups excluding tert-OH is 2. The maximum atomic E-state index is 13.6. The molecule has 22 nitrogen and oxygen atoms in total. The van der Waals surface area contributed by atoms with Gasteiger partial charge < -0.3 is 38.6 Å². The average Bonchev–Trinajstić information content (AvgIpc) is 4.19. The molecule has 4 atom stereocenters. The standard InChI is InChI=1S/2C27H27N5O6S/c2*1-17(26(33)19-13-11-18(15-28)12-14-19)39(34,35)16-23-30-31-27(20-7-5-10-24(29-20)38-4)32(23)25-21(36-2)8-6-9-22(25)37-3/h2*5-14,17,26,33H,16H2,1-4H3/t2*17-,26+/m10/s1. The number of sulfone groups is 2. The van der Waals surface area contributed by atoms with Crippen molar-refractivity contribution in [2.45, 2.75) is 48.1 Å². The first-order chi connectivity index (χ1) is 37.5. The van der Waals surface area contributed by atoms with E-state index >= 15 is 0 Å². The number of nitrogens with zero attached hydrogens (tertiary/aromatic N) is 10. The van der Waals surface area contributed by atoms with Gasteiger partial charge >= 0.3 is 0 Å². The Balaban J connectivity index is 0.000000226. The van der Waals surface area contributed by atoms with Crippen molar-refractivity contribution in [3.63, 3.8) is 0 Å². The highest BCUT2D eigenvalue weighted by Crippen LogP contribution is 2.39. The number of pyridine rings is 2. The number of ether oxygens (including phenoxy) is 6. The van der Waals surface area contributed by atoms with E-state index in [1.54, 1.807) is 72.8 Å². The number of hydrogen-bond donors (Lipinski definition) is 2. The summed E-state index contributed by atoms with van der Waals surface area (Å²) in [5.41, 5.74) is 3.08. The lowest BCUT2D eigenvalue weighted by atomic mass is 10.1. The first-order valence-corrected chi connectivity index (χ1v) is 27.0. The molecule has 0 amide bonds. The van der Waals surface area contributed by atoms with E-state index in [0.29, 0.717) is 79.8 Å². The number of rotatable bonds is 20. The Morgan fingerprint density at radius 2 is 0.795 bits per heavy atom. The van der Waals surface area contributed by atoms with Crippen molar-refractivity contribution in [1.82, 2.24) is 39.5 Å². The lowest BCUT2D eigenvalue weighted by molar-refractivity contribution is 0.175. The molecule has 0 saturated carbocycles. The lowest BCUT2D eigenvalue weighted by Gasteiger charge is -2.21. The zero-order valence-electron chi connectivity index (χ0n) is 43.5. The van der Waals surface area contributed by atoms with Gasteiger partial charge in [0, 0.05) is 12.1 Å². The summed E-state index contributed by atoms with van der Waals surface area (Å²) < 4.78 is 90.2. The van der Waals surface area contributed by atoms with E-state index in [4.69, 9.17) is 38.9 Å². The zero-order chi connectivity index (χ0) is 56.3. The Morgan fingerprint density at radius 3 is 1.09 bits per heavy atom. The summed E-state index contributed by atoms with van der Waals surface area (Å²) in [7, 11) is 0.923. The highest BCUT2D eigenvalue weighted by molar-refractivity contribution is 7.91. The van der Waals surface area contributed by atoms with Gasteiger partial charge in [-0.2, -0.15) is 10.5 Å². The minimum absolute atomic E-state index is 0.0660. The van der Waals surface area contributed by atoms with Crippen molar-refractivity contribution >= 4 is 19.7 Å². The van der Waals surface area contributed by atoms with Crippen LogP contribution in [0.3, 0.4) is 0 Å². The highest BCUT2D eigenvalue weighted by atomic mass is 32.2. The summed E-state index contributed by atoms with van der Waals surface area (Å²) in [4.78, 5) is 8.89. The van der Waals surface area contributed by atoms with Gasteiger partial charge in [0.15, 0.2) is 43.0 Å². The summed E-state index contributed by atoms with van der Waals surface area (Å²) in [5, 5.41) is 54.4. The molecule has 0 bridgehead atoms. The van der Waals surface area contributed by atoms with Crippen LogP contribution >= 0.6 is 0 Å². The monoisotopic (exact) mass is 1100 g/mol. The van der Waals surface area contributed by atoms with Crippen LogP contribution in [0.1, 0.15) is 60.0 Å². The molecule has 8 rings (SSSR count). The zero-order valence-corrected chi connectivity index (χ0v) is 45.2. The molecular weight excluding hydrogens is 1040 g/mol. The summed E-state index contributed by atoms with van der Waals surface area (Å²) >= 11 is 0. The molecule has 4 aromatic carbocycles. The maximum absolute atomic E-state index is 13.6. The summed E-state index contributed by atoms with van der Waals surface area (Å²) in [6.07, 6.45) is -2.67. The Morgan fingerprint density at radius 1 is 0.474 bits per heavy atom. The minimum Gasteiger partial charge on any atom is -0.494 e. The van der Waals surface area contributed by atoms with Crippen LogP contribution in [0.4, 0.5) is 0 Å². The van der Waals surface area contributed by atoms with Gasteiger partial charge in [0.1, 0.15) is 57.3 Å². The van der Waals surface area contributed by atoms with Crippen molar-refractivity contribution in [2.75, 3.05) is 42.7 Å². The molecule has 0 radical (unpaired) electrons. The second-order valence-corrected chi connectivity index (χ2v) is 21.8. The van der Waals surface area contributed by atoms with Gasteiger partial charge in [-0.3, -0.25) is 9.13 Å². The summed E-state index contributed by atoms with van der Waals surface area (Å²) in [6.45, 7) is 2.85. The summed E-state index contributed by atoms with van der Waals surface area (Å²) in [6, 6.07) is 36.7. The normalized spacial score (nSPS) is 12.8. The fraction of sp³-hybridized carbons (Fsp3) is 0.259. The first kappa shape index (κ1) is 56.8. The number of aromatic nitrogens is 8. The van der Waals surface area contributed by atoms with E-state index in [0.717, 1.165) is 0 Å². The van der Waals surface area contributed by atoms with Crippen molar-refractivity contribution < 1.29 is 55.5 Å². The van der Waals surface area contributed by atoms with Crippen molar-refractivity contribution in [1.29, 1.82) is 10.5 Å². The van der Waals surface area contributed by atoms with Crippen LogP contribution in [-0.2, 0) is 31.2 Å². The van der Waals surface area contributed by atoms with E-state index in [1.807, 2.05) is 12.1 Å².